The zero-order chi connectivity index (χ0) is 15.5. The van der Waals surface area contributed by atoms with Crippen molar-refractivity contribution in [2.24, 2.45) is 0 Å². The monoisotopic (exact) mass is 304 g/mol. The van der Waals surface area contributed by atoms with E-state index in [9.17, 15) is 0 Å². The summed E-state index contributed by atoms with van der Waals surface area (Å²) in [5, 5.41) is 3.86. The summed E-state index contributed by atoms with van der Waals surface area (Å²) in [4.78, 5) is 13.1. The third-order valence-corrected chi connectivity index (χ3v) is 3.55. The van der Waals surface area contributed by atoms with Gasteiger partial charge in [-0.1, -0.05) is 38.4 Å². The fourth-order valence-corrected chi connectivity index (χ4v) is 2.04. The maximum absolute atomic E-state index is 6.22. The molecule has 0 saturated carbocycles. The highest BCUT2D eigenvalue weighted by Crippen LogP contribution is 2.25. The van der Waals surface area contributed by atoms with Crippen molar-refractivity contribution < 1.29 is 0 Å². The number of pyridine rings is 1. The van der Waals surface area contributed by atoms with Crippen LogP contribution in [0.2, 0.25) is 5.15 Å². The van der Waals surface area contributed by atoms with Crippen molar-refractivity contribution >= 4 is 17.4 Å². The summed E-state index contributed by atoms with van der Waals surface area (Å²) in [6, 6.07) is 4.01. The molecule has 2 rings (SSSR count). The van der Waals surface area contributed by atoms with E-state index in [-0.39, 0.29) is 5.41 Å². The second kappa shape index (κ2) is 6.39. The molecule has 0 aliphatic heterocycles. The number of hydrogen-bond donors (Lipinski definition) is 1. The molecule has 0 bridgehead atoms. The number of rotatable bonds is 4. The lowest BCUT2D eigenvalue weighted by Gasteiger charge is -2.19. The first-order valence-electron chi connectivity index (χ1n) is 7.05. The Balaban J connectivity index is 2.11. The molecule has 0 aliphatic rings. The second-order valence-electron chi connectivity index (χ2n) is 6.10. The van der Waals surface area contributed by atoms with Gasteiger partial charge in [0.25, 0.3) is 0 Å². The SMILES string of the molecule is Cc1c(Cl)nc(C(C)(C)C)nc1NCCc1cccnc1. The van der Waals surface area contributed by atoms with E-state index in [4.69, 9.17) is 11.6 Å². The second-order valence-corrected chi connectivity index (χ2v) is 6.46. The fraction of sp³-hybridized carbons (Fsp3) is 0.438. The largest absolute Gasteiger partial charge is 0.369 e. The van der Waals surface area contributed by atoms with Gasteiger partial charge in [-0.15, -0.1) is 0 Å². The van der Waals surface area contributed by atoms with E-state index in [2.05, 4.69) is 47.1 Å². The number of nitrogens with one attached hydrogen (secondary N) is 1. The molecule has 2 aromatic rings. The van der Waals surface area contributed by atoms with Gasteiger partial charge < -0.3 is 5.32 Å². The van der Waals surface area contributed by atoms with Gasteiger partial charge in [0.2, 0.25) is 0 Å². The molecule has 0 saturated heterocycles. The van der Waals surface area contributed by atoms with Gasteiger partial charge in [0.05, 0.1) is 0 Å². The molecule has 4 nitrogen and oxygen atoms in total. The van der Waals surface area contributed by atoms with E-state index in [0.29, 0.717) is 5.15 Å². The maximum atomic E-state index is 6.22. The molecule has 21 heavy (non-hydrogen) atoms. The van der Waals surface area contributed by atoms with Crippen LogP contribution in [0.3, 0.4) is 0 Å². The Kier molecular flexibility index (Phi) is 4.78. The van der Waals surface area contributed by atoms with Gasteiger partial charge in [-0.05, 0) is 25.0 Å². The smallest absolute Gasteiger partial charge is 0.137 e. The number of anilines is 1. The van der Waals surface area contributed by atoms with Crippen LogP contribution in [0, 0.1) is 6.92 Å². The Morgan fingerprint density at radius 3 is 2.62 bits per heavy atom. The van der Waals surface area contributed by atoms with Crippen molar-refractivity contribution in [1.29, 1.82) is 0 Å². The van der Waals surface area contributed by atoms with Crippen LogP contribution in [-0.2, 0) is 11.8 Å². The summed E-state index contributed by atoms with van der Waals surface area (Å²) < 4.78 is 0. The van der Waals surface area contributed by atoms with Gasteiger partial charge in [0.1, 0.15) is 16.8 Å². The van der Waals surface area contributed by atoms with Crippen LogP contribution in [0.4, 0.5) is 5.82 Å². The van der Waals surface area contributed by atoms with Crippen LogP contribution in [-0.4, -0.2) is 21.5 Å². The summed E-state index contributed by atoms with van der Waals surface area (Å²) in [5.41, 5.74) is 1.95. The Morgan fingerprint density at radius 1 is 1.24 bits per heavy atom. The molecule has 0 radical (unpaired) electrons. The van der Waals surface area contributed by atoms with Crippen LogP contribution in [0.25, 0.3) is 0 Å². The molecule has 2 aromatic heterocycles. The Hall–Kier alpha value is -1.68. The predicted octanol–water partition coefficient (Wildman–Crippen LogP) is 3.79. The molecule has 0 aliphatic carbocycles. The zero-order valence-corrected chi connectivity index (χ0v) is 13.7. The summed E-state index contributed by atoms with van der Waals surface area (Å²) >= 11 is 6.22. The lowest BCUT2D eigenvalue weighted by atomic mass is 9.95. The minimum absolute atomic E-state index is 0.128. The zero-order valence-electron chi connectivity index (χ0n) is 12.9. The summed E-state index contributed by atoms with van der Waals surface area (Å²) in [5.74, 6) is 1.56. The lowest BCUT2D eigenvalue weighted by molar-refractivity contribution is 0.545. The highest BCUT2D eigenvalue weighted by molar-refractivity contribution is 6.30. The first-order chi connectivity index (χ1) is 9.88. The van der Waals surface area contributed by atoms with Crippen LogP contribution < -0.4 is 5.32 Å². The van der Waals surface area contributed by atoms with Crippen molar-refractivity contribution in [2.75, 3.05) is 11.9 Å². The van der Waals surface area contributed by atoms with E-state index in [1.807, 2.05) is 19.2 Å². The first-order valence-corrected chi connectivity index (χ1v) is 7.43. The highest BCUT2D eigenvalue weighted by atomic mass is 35.5. The molecule has 2 heterocycles. The first kappa shape index (κ1) is 15.7. The third-order valence-electron chi connectivity index (χ3n) is 3.19. The van der Waals surface area contributed by atoms with E-state index in [1.165, 1.54) is 5.56 Å². The highest BCUT2D eigenvalue weighted by Gasteiger charge is 2.20. The third kappa shape index (κ3) is 4.14. The summed E-state index contributed by atoms with van der Waals surface area (Å²) in [7, 11) is 0. The van der Waals surface area contributed by atoms with Gasteiger partial charge in [0.15, 0.2) is 0 Å². The minimum atomic E-state index is -0.128. The fourth-order valence-electron chi connectivity index (χ4n) is 1.87. The number of halogens is 1. The molecular formula is C16H21ClN4. The molecule has 1 N–H and O–H groups in total. The number of aromatic nitrogens is 3. The van der Waals surface area contributed by atoms with Crippen molar-refractivity contribution in [2.45, 2.75) is 39.5 Å². The number of hydrogen-bond acceptors (Lipinski definition) is 4. The van der Waals surface area contributed by atoms with Crippen LogP contribution >= 0.6 is 11.6 Å². The topological polar surface area (TPSA) is 50.7 Å². The van der Waals surface area contributed by atoms with E-state index >= 15 is 0 Å². The molecule has 0 amide bonds. The average molecular weight is 305 g/mol. The van der Waals surface area contributed by atoms with Gasteiger partial charge in [0, 0.05) is 29.9 Å². The molecule has 0 atom stereocenters. The summed E-state index contributed by atoms with van der Waals surface area (Å²) in [6.07, 6.45) is 4.54. The van der Waals surface area contributed by atoms with E-state index in [0.717, 1.165) is 30.2 Å². The molecule has 5 heteroatoms. The lowest BCUT2D eigenvalue weighted by Crippen LogP contribution is -2.19. The predicted molar refractivity (Wildman–Crippen MR) is 86.9 cm³/mol. The van der Waals surface area contributed by atoms with Crippen LogP contribution in [0.5, 0.6) is 0 Å². The van der Waals surface area contributed by atoms with E-state index in [1.54, 1.807) is 6.20 Å². The van der Waals surface area contributed by atoms with Crippen molar-refractivity contribution in [3.8, 4) is 0 Å². The summed E-state index contributed by atoms with van der Waals surface area (Å²) in [6.45, 7) is 8.94. The molecule has 112 valence electrons. The van der Waals surface area contributed by atoms with E-state index < -0.39 is 0 Å². The van der Waals surface area contributed by atoms with Gasteiger partial charge in [-0.25, -0.2) is 9.97 Å². The Bertz CT molecular complexity index is 606. The number of nitrogens with zero attached hydrogens (tertiary/aromatic N) is 3. The molecular weight excluding hydrogens is 284 g/mol. The quantitative estimate of drug-likeness (QED) is 0.873. The Labute approximate surface area is 131 Å². The van der Waals surface area contributed by atoms with Gasteiger partial charge in [-0.2, -0.15) is 0 Å². The molecule has 0 unspecified atom stereocenters. The van der Waals surface area contributed by atoms with Gasteiger partial charge in [-0.3, -0.25) is 4.98 Å². The minimum Gasteiger partial charge on any atom is -0.369 e. The van der Waals surface area contributed by atoms with Crippen molar-refractivity contribution in [3.05, 3.63) is 46.6 Å². The normalized spacial score (nSPS) is 11.5. The van der Waals surface area contributed by atoms with Crippen LogP contribution in [0.15, 0.2) is 24.5 Å². The molecule has 0 spiro atoms. The Morgan fingerprint density at radius 2 is 2.00 bits per heavy atom. The standard InChI is InChI=1S/C16H21ClN4/c1-11-13(17)20-15(16(2,3)4)21-14(11)19-9-7-12-6-5-8-18-10-12/h5-6,8,10H,7,9H2,1-4H3,(H,19,20,21). The maximum Gasteiger partial charge on any atom is 0.137 e. The van der Waals surface area contributed by atoms with Crippen molar-refractivity contribution in [3.63, 3.8) is 0 Å². The molecule has 0 fully saturated rings. The van der Waals surface area contributed by atoms with Crippen LogP contribution in [0.1, 0.15) is 37.7 Å². The molecule has 0 aromatic carbocycles. The average Bonchev–Trinajstić information content (AvgIpc) is 2.43. The van der Waals surface area contributed by atoms with Crippen molar-refractivity contribution in [1.82, 2.24) is 15.0 Å². The van der Waals surface area contributed by atoms with Gasteiger partial charge >= 0.3 is 0 Å².